The lowest BCUT2D eigenvalue weighted by molar-refractivity contribution is 0.102. The van der Waals surface area contributed by atoms with E-state index in [1.54, 1.807) is 30.5 Å². The molecule has 0 aliphatic heterocycles. The number of carbonyl (C=O) groups excluding carboxylic acids is 1. The lowest BCUT2D eigenvalue weighted by Crippen LogP contribution is -2.13. The summed E-state index contributed by atoms with van der Waals surface area (Å²) < 4.78 is 6.08. The van der Waals surface area contributed by atoms with Crippen molar-refractivity contribution in [2.75, 3.05) is 17.7 Å². The molecule has 2 rings (SSSR count). The molecule has 21 heavy (non-hydrogen) atoms. The summed E-state index contributed by atoms with van der Waals surface area (Å²) in [6.07, 6.45) is 1.55. The van der Waals surface area contributed by atoms with Gasteiger partial charge in [0.1, 0.15) is 5.75 Å². The van der Waals surface area contributed by atoms with Gasteiger partial charge < -0.3 is 15.8 Å². The second kappa shape index (κ2) is 6.78. The average molecular weight is 371 g/mol. The summed E-state index contributed by atoms with van der Waals surface area (Å²) in [5.74, 6) is 0.200. The van der Waals surface area contributed by atoms with Gasteiger partial charge in [-0.3, -0.25) is 4.79 Å². The lowest BCUT2D eigenvalue weighted by atomic mass is 10.1. The van der Waals surface area contributed by atoms with Gasteiger partial charge in [0.05, 0.1) is 12.3 Å². The van der Waals surface area contributed by atoms with E-state index in [0.29, 0.717) is 33.8 Å². The largest absolute Gasteiger partial charge is 0.494 e. The second-order valence-corrected chi connectivity index (χ2v) is 5.44. The number of pyridine rings is 1. The zero-order chi connectivity index (χ0) is 15.4. The number of anilines is 2. The number of nitrogens with zero attached hydrogens (tertiary/aromatic N) is 1. The molecule has 0 radical (unpaired) electrons. The van der Waals surface area contributed by atoms with Gasteiger partial charge in [0, 0.05) is 28.0 Å². The van der Waals surface area contributed by atoms with Crippen LogP contribution in [0.2, 0.25) is 5.15 Å². The van der Waals surface area contributed by atoms with E-state index in [0.717, 1.165) is 0 Å². The number of aromatic nitrogens is 1. The topological polar surface area (TPSA) is 77.2 Å². The van der Waals surface area contributed by atoms with Crippen LogP contribution in [0.15, 0.2) is 34.9 Å². The third-order valence-electron chi connectivity index (χ3n) is 2.56. The van der Waals surface area contributed by atoms with E-state index in [9.17, 15) is 4.79 Å². The number of nitrogen functional groups attached to an aromatic ring is 1. The van der Waals surface area contributed by atoms with Gasteiger partial charge in [-0.25, -0.2) is 4.98 Å². The van der Waals surface area contributed by atoms with Crippen LogP contribution in [0.25, 0.3) is 0 Å². The normalized spacial score (nSPS) is 10.2. The van der Waals surface area contributed by atoms with Crippen molar-refractivity contribution < 1.29 is 9.53 Å². The summed E-state index contributed by atoms with van der Waals surface area (Å²) >= 11 is 9.22. The molecule has 7 heteroatoms. The molecule has 0 aliphatic carbocycles. The number of carbonyl (C=O) groups is 1. The molecular weight excluding hydrogens is 358 g/mol. The fraction of sp³-hybridized carbons (Fsp3) is 0.143. The molecule has 1 aromatic heterocycles. The third kappa shape index (κ3) is 4.09. The minimum absolute atomic E-state index is 0.209. The Morgan fingerprint density at radius 1 is 1.43 bits per heavy atom. The first-order valence-electron chi connectivity index (χ1n) is 6.15. The van der Waals surface area contributed by atoms with E-state index < -0.39 is 0 Å². The Hall–Kier alpha value is -1.79. The first kappa shape index (κ1) is 15.6. The molecule has 0 fully saturated rings. The van der Waals surface area contributed by atoms with E-state index in [-0.39, 0.29) is 11.1 Å². The molecule has 0 bridgehead atoms. The number of hydrogen-bond acceptors (Lipinski definition) is 4. The number of hydrogen-bond donors (Lipinski definition) is 2. The fourth-order valence-electron chi connectivity index (χ4n) is 1.71. The zero-order valence-corrected chi connectivity index (χ0v) is 13.5. The van der Waals surface area contributed by atoms with Crippen LogP contribution in [0.4, 0.5) is 11.4 Å². The Bertz CT molecular complexity index is 679. The highest BCUT2D eigenvalue weighted by Crippen LogP contribution is 2.25. The smallest absolute Gasteiger partial charge is 0.255 e. The summed E-state index contributed by atoms with van der Waals surface area (Å²) in [6, 6.07) is 6.52. The molecule has 0 unspecified atom stereocenters. The summed E-state index contributed by atoms with van der Waals surface area (Å²) in [6.45, 7) is 2.35. The SMILES string of the molecule is CCOc1cc(N)cc(C(=O)Nc2cc(Br)cnc2Cl)c1. The molecule has 0 saturated heterocycles. The highest BCUT2D eigenvalue weighted by atomic mass is 79.9. The quantitative estimate of drug-likeness (QED) is 0.635. The van der Waals surface area contributed by atoms with Crippen LogP contribution in [0, 0.1) is 0 Å². The van der Waals surface area contributed by atoms with Gasteiger partial charge >= 0.3 is 0 Å². The van der Waals surface area contributed by atoms with Gasteiger partial charge in [-0.15, -0.1) is 0 Å². The molecule has 0 spiro atoms. The molecule has 0 atom stereocenters. The molecule has 2 aromatic rings. The number of rotatable bonds is 4. The van der Waals surface area contributed by atoms with Crippen molar-refractivity contribution in [3.05, 3.63) is 45.7 Å². The number of nitrogens with one attached hydrogen (secondary N) is 1. The van der Waals surface area contributed by atoms with Crippen molar-refractivity contribution in [2.45, 2.75) is 6.92 Å². The van der Waals surface area contributed by atoms with E-state index in [1.807, 2.05) is 6.92 Å². The van der Waals surface area contributed by atoms with E-state index in [1.165, 1.54) is 0 Å². The maximum Gasteiger partial charge on any atom is 0.255 e. The Kier molecular flexibility index (Phi) is 5.03. The number of amides is 1. The molecule has 3 N–H and O–H groups in total. The standard InChI is InChI=1S/C14H13BrClN3O2/c1-2-21-11-4-8(3-10(17)6-11)14(20)19-12-5-9(15)7-18-13(12)16/h3-7H,2,17H2,1H3,(H,19,20). The van der Waals surface area contributed by atoms with Crippen molar-refractivity contribution in [3.63, 3.8) is 0 Å². The molecule has 1 aromatic carbocycles. The van der Waals surface area contributed by atoms with Gasteiger partial charge in [0.2, 0.25) is 0 Å². The first-order valence-corrected chi connectivity index (χ1v) is 7.32. The summed E-state index contributed by atoms with van der Waals surface area (Å²) in [4.78, 5) is 16.2. The Morgan fingerprint density at radius 2 is 2.19 bits per heavy atom. The molecule has 5 nitrogen and oxygen atoms in total. The van der Waals surface area contributed by atoms with Crippen LogP contribution in [0.1, 0.15) is 17.3 Å². The van der Waals surface area contributed by atoms with Gasteiger partial charge in [0.25, 0.3) is 5.91 Å². The van der Waals surface area contributed by atoms with Crippen molar-refractivity contribution in [1.82, 2.24) is 4.98 Å². The number of benzene rings is 1. The third-order valence-corrected chi connectivity index (χ3v) is 3.29. The first-order chi connectivity index (χ1) is 9.99. The van der Waals surface area contributed by atoms with Crippen LogP contribution in [-0.4, -0.2) is 17.5 Å². The van der Waals surface area contributed by atoms with Crippen molar-refractivity contribution in [2.24, 2.45) is 0 Å². The van der Waals surface area contributed by atoms with Gasteiger partial charge in [-0.2, -0.15) is 0 Å². The number of ether oxygens (including phenoxy) is 1. The van der Waals surface area contributed by atoms with E-state index in [2.05, 4.69) is 26.2 Å². The maximum atomic E-state index is 12.3. The fourth-order valence-corrected chi connectivity index (χ4v) is 2.19. The van der Waals surface area contributed by atoms with E-state index >= 15 is 0 Å². The zero-order valence-electron chi connectivity index (χ0n) is 11.2. The average Bonchev–Trinajstić information content (AvgIpc) is 2.42. The van der Waals surface area contributed by atoms with Crippen molar-refractivity contribution in [1.29, 1.82) is 0 Å². The van der Waals surface area contributed by atoms with Crippen LogP contribution in [0.5, 0.6) is 5.75 Å². The second-order valence-electron chi connectivity index (χ2n) is 4.17. The summed E-state index contributed by atoms with van der Waals surface area (Å²) in [7, 11) is 0. The lowest BCUT2D eigenvalue weighted by Gasteiger charge is -2.10. The molecule has 0 aliphatic rings. The van der Waals surface area contributed by atoms with Gasteiger partial charge in [-0.1, -0.05) is 11.6 Å². The van der Waals surface area contributed by atoms with E-state index in [4.69, 9.17) is 22.1 Å². The van der Waals surface area contributed by atoms with Gasteiger partial charge in [0.15, 0.2) is 5.15 Å². The van der Waals surface area contributed by atoms with Crippen molar-refractivity contribution >= 4 is 44.8 Å². The Balaban J connectivity index is 2.25. The minimum Gasteiger partial charge on any atom is -0.494 e. The molecule has 1 amide bonds. The Morgan fingerprint density at radius 3 is 2.90 bits per heavy atom. The highest BCUT2D eigenvalue weighted by Gasteiger charge is 2.12. The maximum absolute atomic E-state index is 12.3. The minimum atomic E-state index is -0.343. The van der Waals surface area contributed by atoms with Crippen LogP contribution in [-0.2, 0) is 0 Å². The van der Waals surface area contributed by atoms with Crippen molar-refractivity contribution in [3.8, 4) is 5.75 Å². The predicted molar refractivity (Wildman–Crippen MR) is 86.9 cm³/mol. The summed E-state index contributed by atoms with van der Waals surface area (Å²) in [5.41, 5.74) is 7.01. The van der Waals surface area contributed by atoms with Crippen LogP contribution >= 0.6 is 27.5 Å². The molecular formula is C14H13BrClN3O2. The predicted octanol–water partition coefficient (Wildman–Crippen LogP) is 3.73. The molecule has 1 heterocycles. The van der Waals surface area contributed by atoms with Crippen LogP contribution in [0.3, 0.4) is 0 Å². The highest BCUT2D eigenvalue weighted by molar-refractivity contribution is 9.10. The molecule has 0 saturated carbocycles. The number of nitrogens with two attached hydrogens (primary N) is 1. The monoisotopic (exact) mass is 369 g/mol. The Labute approximate surface area is 135 Å². The molecule has 110 valence electrons. The van der Waals surface area contributed by atoms with Gasteiger partial charge in [-0.05, 0) is 41.1 Å². The summed E-state index contributed by atoms with van der Waals surface area (Å²) in [5, 5.41) is 2.90. The number of halogens is 2. The van der Waals surface area contributed by atoms with Crippen LogP contribution < -0.4 is 15.8 Å².